The number of nitrogens with zero attached hydrogens (tertiary/aromatic N) is 2. The molecule has 1 N–H and O–H groups in total. The maximum absolute atomic E-state index is 13.8. The second-order valence-corrected chi connectivity index (χ2v) is 8.18. The second kappa shape index (κ2) is 7.77. The summed E-state index contributed by atoms with van der Waals surface area (Å²) in [4.78, 5) is 38.7. The van der Waals surface area contributed by atoms with Gasteiger partial charge in [0.05, 0.1) is 10.8 Å². The van der Waals surface area contributed by atoms with E-state index >= 15 is 0 Å². The number of carbonyl (C=O) groups excluding carboxylic acids is 2. The molecular weight excluding hydrogens is 399 g/mol. The Morgan fingerprint density at radius 2 is 2.12 bits per heavy atom. The molecule has 26 heavy (non-hydrogen) atoms. The zero-order valence-electron chi connectivity index (χ0n) is 13.3. The Labute approximate surface area is 162 Å². The van der Waals surface area contributed by atoms with E-state index in [0.29, 0.717) is 5.75 Å². The first-order valence-corrected chi connectivity index (χ1v) is 9.86. The molecule has 6 nitrogen and oxygen atoms in total. The normalized spacial score (nSPS) is 21.7. The molecule has 2 heterocycles. The van der Waals surface area contributed by atoms with E-state index in [-0.39, 0.29) is 27.2 Å². The standard InChI is InChI=1S/C16H13FN2O4S3/c17-10-4-2-1-3-9(10)5-12-14(21)18(16(24)26-12)6-13(20)19-8-25-7-11(19)15(22)23/h1-5,11H,6-8H2,(H,22,23)/b12-5-/t11-/m0/s1. The van der Waals surface area contributed by atoms with Crippen LogP contribution in [0, 0.1) is 5.82 Å². The number of benzene rings is 1. The van der Waals surface area contributed by atoms with Crippen molar-refractivity contribution in [3.05, 3.63) is 40.6 Å². The summed E-state index contributed by atoms with van der Waals surface area (Å²) < 4.78 is 14.0. The third-order valence-corrected chi connectivity index (χ3v) is 6.24. The largest absolute Gasteiger partial charge is 0.480 e. The molecule has 2 amide bonds. The molecule has 2 saturated heterocycles. The number of aliphatic carboxylic acids is 1. The molecule has 136 valence electrons. The Bertz CT molecular complexity index is 829. The lowest BCUT2D eigenvalue weighted by Crippen LogP contribution is -2.47. The van der Waals surface area contributed by atoms with Crippen molar-refractivity contribution in [2.75, 3.05) is 18.2 Å². The van der Waals surface area contributed by atoms with Crippen LogP contribution < -0.4 is 0 Å². The van der Waals surface area contributed by atoms with E-state index in [9.17, 15) is 18.8 Å². The van der Waals surface area contributed by atoms with E-state index in [2.05, 4.69) is 0 Å². The van der Waals surface area contributed by atoms with Crippen molar-refractivity contribution in [3.63, 3.8) is 0 Å². The van der Waals surface area contributed by atoms with Crippen molar-refractivity contribution >= 4 is 63.9 Å². The van der Waals surface area contributed by atoms with Crippen LogP contribution in [0.15, 0.2) is 29.2 Å². The van der Waals surface area contributed by atoms with E-state index in [1.807, 2.05) is 0 Å². The van der Waals surface area contributed by atoms with Gasteiger partial charge < -0.3 is 10.0 Å². The molecule has 0 aromatic heterocycles. The summed E-state index contributed by atoms with van der Waals surface area (Å²) in [5.41, 5.74) is 0.251. The minimum Gasteiger partial charge on any atom is -0.480 e. The molecule has 0 spiro atoms. The molecule has 0 bridgehead atoms. The lowest BCUT2D eigenvalue weighted by Gasteiger charge is -2.23. The topological polar surface area (TPSA) is 77.9 Å². The van der Waals surface area contributed by atoms with E-state index in [4.69, 9.17) is 17.3 Å². The minimum absolute atomic E-state index is 0.185. The highest BCUT2D eigenvalue weighted by atomic mass is 32.2. The van der Waals surface area contributed by atoms with Gasteiger partial charge >= 0.3 is 5.97 Å². The van der Waals surface area contributed by atoms with Crippen molar-refractivity contribution in [1.82, 2.24) is 9.80 Å². The predicted molar refractivity (Wildman–Crippen MR) is 102 cm³/mol. The van der Waals surface area contributed by atoms with Gasteiger partial charge in [0.1, 0.15) is 22.7 Å². The summed E-state index contributed by atoms with van der Waals surface area (Å²) in [5.74, 6) is -1.94. The number of hydrogen-bond donors (Lipinski definition) is 1. The number of carbonyl (C=O) groups is 3. The Balaban J connectivity index is 1.74. The smallest absolute Gasteiger partial charge is 0.327 e. The fourth-order valence-corrected chi connectivity index (χ4v) is 4.91. The fourth-order valence-electron chi connectivity index (χ4n) is 2.49. The van der Waals surface area contributed by atoms with Crippen LogP contribution in [-0.4, -0.2) is 61.2 Å². The monoisotopic (exact) mass is 412 g/mol. The summed E-state index contributed by atoms with van der Waals surface area (Å²) in [7, 11) is 0. The van der Waals surface area contributed by atoms with Gasteiger partial charge in [-0.15, -0.1) is 11.8 Å². The van der Waals surface area contributed by atoms with Gasteiger partial charge in [-0.25, -0.2) is 9.18 Å². The van der Waals surface area contributed by atoms with Gasteiger partial charge in [-0.1, -0.05) is 42.2 Å². The highest BCUT2D eigenvalue weighted by Crippen LogP contribution is 2.33. The SMILES string of the molecule is O=C(O)[C@@H]1CSCN1C(=O)CN1C(=O)/C(=C/c2ccccc2F)SC1=S. The first-order chi connectivity index (χ1) is 12.4. The van der Waals surface area contributed by atoms with Crippen molar-refractivity contribution < 1.29 is 23.9 Å². The third kappa shape index (κ3) is 3.76. The number of thioether (sulfide) groups is 2. The van der Waals surface area contributed by atoms with Crippen LogP contribution in [0.3, 0.4) is 0 Å². The molecule has 0 aliphatic carbocycles. The molecule has 0 radical (unpaired) electrons. The first-order valence-electron chi connectivity index (χ1n) is 7.48. The Kier molecular flexibility index (Phi) is 5.64. The van der Waals surface area contributed by atoms with Crippen LogP contribution in [0.5, 0.6) is 0 Å². The van der Waals surface area contributed by atoms with Gasteiger partial charge in [0.25, 0.3) is 5.91 Å². The summed E-state index contributed by atoms with van der Waals surface area (Å²) in [6.07, 6.45) is 1.39. The van der Waals surface area contributed by atoms with Gasteiger partial charge in [-0.2, -0.15) is 0 Å². The lowest BCUT2D eigenvalue weighted by molar-refractivity contribution is -0.148. The Hall–Kier alpha value is -1.91. The molecule has 1 aromatic rings. The molecule has 3 rings (SSSR count). The van der Waals surface area contributed by atoms with Crippen molar-refractivity contribution in [2.24, 2.45) is 0 Å². The van der Waals surface area contributed by atoms with Gasteiger partial charge in [0.15, 0.2) is 0 Å². The van der Waals surface area contributed by atoms with Crippen LogP contribution in [-0.2, 0) is 14.4 Å². The van der Waals surface area contributed by atoms with E-state index in [0.717, 1.165) is 16.7 Å². The minimum atomic E-state index is -1.08. The maximum Gasteiger partial charge on any atom is 0.327 e. The number of carboxylic acid groups (broad SMARTS) is 1. The molecule has 1 aromatic carbocycles. The molecule has 2 aliphatic heterocycles. The van der Waals surface area contributed by atoms with Crippen LogP contribution in [0.4, 0.5) is 4.39 Å². The van der Waals surface area contributed by atoms with Crippen LogP contribution in [0.25, 0.3) is 6.08 Å². The molecular formula is C16H13FN2O4S3. The van der Waals surface area contributed by atoms with E-state index in [1.54, 1.807) is 12.1 Å². The average molecular weight is 412 g/mol. The predicted octanol–water partition coefficient (Wildman–Crippen LogP) is 2.01. The van der Waals surface area contributed by atoms with Gasteiger partial charge in [-0.3, -0.25) is 14.5 Å². The number of rotatable bonds is 4. The summed E-state index contributed by atoms with van der Waals surface area (Å²) in [6, 6.07) is 5.11. The summed E-state index contributed by atoms with van der Waals surface area (Å²) in [5, 5.41) is 9.17. The number of carboxylic acids is 1. The molecule has 10 heteroatoms. The molecule has 0 unspecified atom stereocenters. The quantitative estimate of drug-likeness (QED) is 0.599. The van der Waals surface area contributed by atoms with E-state index in [1.165, 1.54) is 34.9 Å². The zero-order chi connectivity index (χ0) is 18.8. The van der Waals surface area contributed by atoms with Crippen LogP contribution >= 0.6 is 35.7 Å². The number of hydrogen-bond acceptors (Lipinski definition) is 6. The van der Waals surface area contributed by atoms with Gasteiger partial charge in [-0.05, 0) is 12.1 Å². The zero-order valence-corrected chi connectivity index (χ0v) is 15.7. The summed E-state index contributed by atoms with van der Waals surface area (Å²) >= 11 is 7.49. The van der Waals surface area contributed by atoms with Crippen molar-refractivity contribution in [1.29, 1.82) is 0 Å². The lowest BCUT2D eigenvalue weighted by atomic mass is 10.2. The van der Waals surface area contributed by atoms with Crippen molar-refractivity contribution in [3.8, 4) is 0 Å². The van der Waals surface area contributed by atoms with Crippen LogP contribution in [0.2, 0.25) is 0 Å². The summed E-state index contributed by atoms with van der Waals surface area (Å²) in [6.45, 7) is -0.330. The highest BCUT2D eigenvalue weighted by Gasteiger charge is 2.39. The third-order valence-electron chi connectivity index (χ3n) is 3.85. The van der Waals surface area contributed by atoms with E-state index < -0.39 is 29.6 Å². The Morgan fingerprint density at radius 3 is 2.81 bits per heavy atom. The molecule has 0 saturated carbocycles. The Morgan fingerprint density at radius 1 is 1.38 bits per heavy atom. The number of thiocarbonyl (C=S) groups is 1. The highest BCUT2D eigenvalue weighted by molar-refractivity contribution is 8.26. The fraction of sp³-hybridized carbons (Fsp3) is 0.250. The first kappa shape index (κ1) is 18.9. The van der Waals surface area contributed by atoms with Gasteiger partial charge in [0.2, 0.25) is 5.91 Å². The molecule has 2 fully saturated rings. The van der Waals surface area contributed by atoms with Crippen LogP contribution in [0.1, 0.15) is 5.56 Å². The number of halogens is 1. The maximum atomic E-state index is 13.8. The average Bonchev–Trinajstić information content (AvgIpc) is 3.18. The molecule has 1 atom stereocenters. The number of amides is 2. The van der Waals surface area contributed by atoms with Gasteiger partial charge in [0, 0.05) is 11.3 Å². The second-order valence-electron chi connectivity index (χ2n) is 5.51. The van der Waals surface area contributed by atoms with Crippen molar-refractivity contribution in [2.45, 2.75) is 6.04 Å². The molecule has 2 aliphatic rings.